The molecule has 1 aliphatic heterocycles. The Morgan fingerprint density at radius 1 is 1.11 bits per heavy atom. The van der Waals surface area contributed by atoms with E-state index in [0.29, 0.717) is 19.5 Å². The van der Waals surface area contributed by atoms with Crippen molar-refractivity contribution in [2.75, 3.05) is 26.8 Å². The molecular weight excluding hydrogens is 444 g/mol. The van der Waals surface area contributed by atoms with Crippen LogP contribution in [0.5, 0.6) is 5.75 Å². The van der Waals surface area contributed by atoms with Crippen LogP contribution in [0.25, 0.3) is 0 Å². The maximum Gasteiger partial charge on any atom is 0.407 e. The smallest absolute Gasteiger partial charge is 0.407 e. The highest BCUT2D eigenvalue weighted by atomic mass is 16.5. The molecule has 4 rings (SSSR count). The van der Waals surface area contributed by atoms with Crippen LogP contribution < -0.4 is 4.74 Å². The van der Waals surface area contributed by atoms with Crippen molar-refractivity contribution in [3.63, 3.8) is 0 Å². The van der Waals surface area contributed by atoms with Crippen LogP contribution in [-0.4, -0.2) is 64.9 Å². The molecule has 1 saturated carbocycles. The van der Waals surface area contributed by atoms with Gasteiger partial charge in [0.05, 0.1) is 13.0 Å². The van der Waals surface area contributed by atoms with Gasteiger partial charge in [0.1, 0.15) is 5.75 Å². The van der Waals surface area contributed by atoms with Crippen molar-refractivity contribution in [3.05, 3.63) is 64.7 Å². The molecule has 1 heterocycles. The van der Waals surface area contributed by atoms with Crippen molar-refractivity contribution in [1.82, 2.24) is 9.80 Å². The SMILES string of the molecule is COc1cccc(CN(C(=O)C2CN(C(=O)O)CCC2c2ccc(CCCO)cc2)C2CC2)c1C. The Morgan fingerprint density at radius 2 is 1.86 bits per heavy atom. The maximum absolute atomic E-state index is 14.1. The van der Waals surface area contributed by atoms with Crippen LogP contribution in [0.15, 0.2) is 42.5 Å². The molecule has 2 aromatic rings. The largest absolute Gasteiger partial charge is 0.496 e. The highest BCUT2D eigenvalue weighted by Gasteiger charge is 2.42. The molecule has 1 aliphatic carbocycles. The van der Waals surface area contributed by atoms with E-state index in [9.17, 15) is 14.7 Å². The van der Waals surface area contributed by atoms with Crippen molar-refractivity contribution >= 4 is 12.0 Å². The van der Waals surface area contributed by atoms with Crippen LogP contribution in [0.3, 0.4) is 0 Å². The minimum Gasteiger partial charge on any atom is -0.496 e. The molecule has 1 saturated heterocycles. The van der Waals surface area contributed by atoms with E-state index < -0.39 is 12.0 Å². The van der Waals surface area contributed by atoms with E-state index >= 15 is 0 Å². The van der Waals surface area contributed by atoms with Gasteiger partial charge in [-0.2, -0.15) is 0 Å². The third-order valence-corrected chi connectivity index (χ3v) is 7.46. The number of ether oxygens (including phenoxy) is 1. The van der Waals surface area contributed by atoms with Gasteiger partial charge in [0.2, 0.25) is 5.91 Å². The first-order chi connectivity index (χ1) is 16.9. The Hall–Kier alpha value is -3.06. The molecule has 2 unspecified atom stereocenters. The topological polar surface area (TPSA) is 90.3 Å². The Morgan fingerprint density at radius 3 is 2.49 bits per heavy atom. The number of benzene rings is 2. The molecule has 0 aromatic heterocycles. The molecule has 0 bridgehead atoms. The lowest BCUT2D eigenvalue weighted by Gasteiger charge is -2.39. The van der Waals surface area contributed by atoms with E-state index in [0.717, 1.165) is 53.7 Å². The number of hydrogen-bond acceptors (Lipinski definition) is 4. The molecule has 35 heavy (non-hydrogen) atoms. The van der Waals surface area contributed by atoms with Crippen LogP contribution in [0, 0.1) is 12.8 Å². The second kappa shape index (κ2) is 11.1. The number of carboxylic acid groups (broad SMARTS) is 1. The molecule has 0 radical (unpaired) electrons. The Balaban J connectivity index is 1.60. The van der Waals surface area contributed by atoms with Gasteiger partial charge in [0.15, 0.2) is 0 Å². The van der Waals surface area contributed by atoms with Gasteiger partial charge < -0.3 is 24.7 Å². The number of piperidine rings is 1. The van der Waals surface area contributed by atoms with Gasteiger partial charge in [-0.1, -0.05) is 36.4 Å². The fourth-order valence-corrected chi connectivity index (χ4v) is 5.21. The summed E-state index contributed by atoms with van der Waals surface area (Å²) < 4.78 is 5.48. The third-order valence-electron chi connectivity index (χ3n) is 7.46. The second-order valence-electron chi connectivity index (χ2n) is 9.74. The summed E-state index contributed by atoms with van der Waals surface area (Å²) in [6.07, 6.45) is 3.14. The summed E-state index contributed by atoms with van der Waals surface area (Å²) in [5, 5.41) is 18.8. The van der Waals surface area contributed by atoms with E-state index in [1.165, 1.54) is 4.90 Å². The van der Waals surface area contributed by atoms with E-state index in [1.54, 1.807) is 7.11 Å². The van der Waals surface area contributed by atoms with Crippen molar-refractivity contribution < 1.29 is 24.5 Å². The number of aliphatic hydroxyl groups excluding tert-OH is 1. The lowest BCUT2D eigenvalue weighted by molar-refractivity contribution is -0.139. The van der Waals surface area contributed by atoms with Gasteiger partial charge in [-0.25, -0.2) is 4.79 Å². The summed E-state index contributed by atoms with van der Waals surface area (Å²) in [7, 11) is 1.65. The number of aryl methyl sites for hydroxylation is 1. The molecule has 2 N–H and O–H groups in total. The van der Waals surface area contributed by atoms with Crippen molar-refractivity contribution in [2.24, 2.45) is 5.92 Å². The average Bonchev–Trinajstić information content (AvgIpc) is 3.72. The highest BCUT2D eigenvalue weighted by molar-refractivity contribution is 5.82. The highest BCUT2D eigenvalue weighted by Crippen LogP contribution is 2.38. The molecule has 2 amide bonds. The number of aliphatic hydroxyl groups is 1. The van der Waals surface area contributed by atoms with Crippen molar-refractivity contribution in [1.29, 1.82) is 0 Å². The van der Waals surface area contributed by atoms with Gasteiger partial charge in [0, 0.05) is 32.3 Å². The van der Waals surface area contributed by atoms with Crippen LogP contribution in [0.4, 0.5) is 4.79 Å². The first-order valence-electron chi connectivity index (χ1n) is 12.5. The first kappa shape index (κ1) is 25.0. The van der Waals surface area contributed by atoms with Gasteiger partial charge in [0.25, 0.3) is 0 Å². The number of methoxy groups -OCH3 is 1. The molecule has 7 heteroatoms. The zero-order chi connectivity index (χ0) is 24.9. The molecule has 188 valence electrons. The predicted molar refractivity (Wildman–Crippen MR) is 134 cm³/mol. The molecule has 7 nitrogen and oxygen atoms in total. The molecule has 2 fully saturated rings. The fraction of sp³-hybridized carbons (Fsp3) is 0.500. The normalized spacial score (nSPS) is 19.9. The number of hydrogen-bond donors (Lipinski definition) is 2. The maximum atomic E-state index is 14.1. The van der Waals surface area contributed by atoms with Crippen LogP contribution >= 0.6 is 0 Å². The Kier molecular flexibility index (Phi) is 7.96. The number of rotatable bonds is 9. The summed E-state index contributed by atoms with van der Waals surface area (Å²) in [6.45, 7) is 3.32. The zero-order valence-electron chi connectivity index (χ0n) is 20.7. The molecule has 2 aliphatic rings. The van der Waals surface area contributed by atoms with Gasteiger partial charge in [-0.05, 0) is 73.3 Å². The Labute approximate surface area is 207 Å². The van der Waals surface area contributed by atoms with E-state index in [1.807, 2.05) is 30.0 Å². The number of likely N-dealkylation sites (tertiary alicyclic amines) is 1. The van der Waals surface area contributed by atoms with Crippen LogP contribution in [0.2, 0.25) is 0 Å². The van der Waals surface area contributed by atoms with E-state index in [2.05, 4.69) is 24.3 Å². The third kappa shape index (κ3) is 5.78. The predicted octanol–water partition coefficient (Wildman–Crippen LogP) is 4.20. The van der Waals surface area contributed by atoms with E-state index in [-0.39, 0.29) is 31.0 Å². The monoisotopic (exact) mass is 480 g/mol. The minimum absolute atomic E-state index is 0.0300. The number of nitrogens with zero attached hydrogens (tertiary/aromatic N) is 2. The quantitative estimate of drug-likeness (QED) is 0.561. The van der Waals surface area contributed by atoms with Crippen molar-refractivity contribution in [2.45, 2.75) is 57.5 Å². The van der Waals surface area contributed by atoms with Gasteiger partial charge in [-0.15, -0.1) is 0 Å². The summed E-state index contributed by atoms with van der Waals surface area (Å²) in [5.74, 6) is 0.391. The molecule has 2 atom stereocenters. The first-order valence-corrected chi connectivity index (χ1v) is 12.5. The summed E-state index contributed by atoms with van der Waals surface area (Å²) >= 11 is 0. The summed E-state index contributed by atoms with van der Waals surface area (Å²) in [5.41, 5.74) is 4.32. The average molecular weight is 481 g/mol. The van der Waals surface area contributed by atoms with E-state index in [4.69, 9.17) is 9.84 Å². The number of carbonyl (C=O) groups excluding carboxylic acids is 1. The fourth-order valence-electron chi connectivity index (χ4n) is 5.21. The molecule has 0 spiro atoms. The number of amides is 2. The van der Waals surface area contributed by atoms with Gasteiger partial charge in [-0.3, -0.25) is 4.79 Å². The zero-order valence-corrected chi connectivity index (χ0v) is 20.7. The second-order valence-corrected chi connectivity index (χ2v) is 9.74. The molecular formula is C28H36N2O5. The molecule has 2 aromatic carbocycles. The van der Waals surface area contributed by atoms with Crippen molar-refractivity contribution in [3.8, 4) is 5.75 Å². The summed E-state index contributed by atoms with van der Waals surface area (Å²) in [4.78, 5) is 29.2. The summed E-state index contributed by atoms with van der Waals surface area (Å²) in [6, 6.07) is 14.4. The lowest BCUT2D eigenvalue weighted by atomic mass is 9.79. The van der Waals surface area contributed by atoms with Crippen LogP contribution in [-0.2, 0) is 17.8 Å². The van der Waals surface area contributed by atoms with Gasteiger partial charge >= 0.3 is 6.09 Å². The number of carbonyl (C=O) groups is 2. The minimum atomic E-state index is -0.970. The van der Waals surface area contributed by atoms with Crippen LogP contribution in [0.1, 0.15) is 53.9 Å². The standard InChI is InChI=1S/C28H36N2O5/c1-19-22(6-3-7-26(19)35-2)17-30(23-12-13-23)27(32)25-18-29(28(33)34)15-14-24(25)21-10-8-20(9-11-21)5-4-16-31/h3,6-11,23-25,31H,4-5,12-18H2,1-2H3,(H,33,34). The Bertz CT molecular complexity index is 1030. The lowest BCUT2D eigenvalue weighted by Crippen LogP contribution is -2.49.